The lowest BCUT2D eigenvalue weighted by Gasteiger charge is -2.30. The number of benzene rings is 2. The van der Waals surface area contributed by atoms with Gasteiger partial charge in [0.05, 0.1) is 31.9 Å². The van der Waals surface area contributed by atoms with Gasteiger partial charge in [-0.25, -0.2) is 8.42 Å². The highest BCUT2D eigenvalue weighted by molar-refractivity contribution is 7.92. The fraction of sp³-hybridized carbons (Fsp3) is 0.316. The summed E-state index contributed by atoms with van der Waals surface area (Å²) in [5, 5.41) is 2.76. The fourth-order valence-electron chi connectivity index (χ4n) is 2.75. The Hall–Kier alpha value is -2.74. The van der Waals surface area contributed by atoms with E-state index in [0.29, 0.717) is 29.3 Å². The summed E-state index contributed by atoms with van der Waals surface area (Å²) >= 11 is 0. The average Bonchev–Trinajstić information content (AvgIpc) is 2.65. The molecule has 0 aliphatic rings. The molecule has 8 heteroatoms. The van der Waals surface area contributed by atoms with Gasteiger partial charge in [-0.2, -0.15) is 0 Å². The number of amides is 1. The molecule has 0 spiro atoms. The van der Waals surface area contributed by atoms with Gasteiger partial charge in [-0.05, 0) is 42.8 Å². The Labute approximate surface area is 160 Å². The third-order valence-electron chi connectivity index (χ3n) is 4.02. The van der Waals surface area contributed by atoms with Crippen LogP contribution in [-0.4, -0.2) is 40.8 Å². The summed E-state index contributed by atoms with van der Waals surface area (Å²) in [6, 6.07) is 12.6. The van der Waals surface area contributed by atoms with Crippen LogP contribution in [-0.2, 0) is 14.8 Å². The highest BCUT2D eigenvalue weighted by Gasteiger charge is 2.31. The zero-order chi connectivity index (χ0) is 20.0. The molecule has 2 aromatic carbocycles. The predicted octanol–water partition coefficient (Wildman–Crippen LogP) is 2.89. The highest BCUT2D eigenvalue weighted by Crippen LogP contribution is 2.27. The molecule has 0 saturated carbocycles. The normalized spacial score (nSPS) is 12.1. The number of nitrogens with zero attached hydrogens (tertiary/aromatic N) is 1. The first kappa shape index (κ1) is 20.6. The Morgan fingerprint density at radius 1 is 1.07 bits per heavy atom. The van der Waals surface area contributed by atoms with E-state index in [1.807, 2.05) is 0 Å². The number of hydrogen-bond donors (Lipinski definition) is 1. The van der Waals surface area contributed by atoms with E-state index in [-0.39, 0.29) is 0 Å². The SMILES string of the molecule is CCC(C(=O)Nc1ccccc1OC)N(c1ccc(OC)cc1)S(C)(=O)=O. The molecule has 0 fully saturated rings. The van der Waals surface area contributed by atoms with Crippen LogP contribution in [0.25, 0.3) is 0 Å². The van der Waals surface area contributed by atoms with Gasteiger partial charge >= 0.3 is 0 Å². The summed E-state index contributed by atoms with van der Waals surface area (Å²) in [7, 11) is -0.672. The molecule has 0 radical (unpaired) electrons. The third-order valence-corrected chi connectivity index (χ3v) is 5.20. The number of sulfonamides is 1. The number of anilines is 2. The van der Waals surface area contributed by atoms with Crippen molar-refractivity contribution < 1.29 is 22.7 Å². The van der Waals surface area contributed by atoms with Crippen LogP contribution >= 0.6 is 0 Å². The Morgan fingerprint density at radius 2 is 1.70 bits per heavy atom. The molecule has 0 aliphatic carbocycles. The smallest absolute Gasteiger partial charge is 0.248 e. The van der Waals surface area contributed by atoms with Crippen LogP contribution in [0.15, 0.2) is 48.5 Å². The molecule has 0 saturated heterocycles. The van der Waals surface area contributed by atoms with E-state index >= 15 is 0 Å². The van der Waals surface area contributed by atoms with E-state index in [4.69, 9.17) is 9.47 Å². The molecule has 146 valence electrons. The molecule has 0 heterocycles. The fourth-order valence-corrected chi connectivity index (χ4v) is 3.97. The van der Waals surface area contributed by atoms with Crippen LogP contribution in [0.2, 0.25) is 0 Å². The van der Waals surface area contributed by atoms with Crippen molar-refractivity contribution in [3.63, 3.8) is 0 Å². The summed E-state index contributed by atoms with van der Waals surface area (Å²) in [5.74, 6) is 0.651. The van der Waals surface area contributed by atoms with Crippen molar-refractivity contribution in [1.29, 1.82) is 0 Å². The van der Waals surface area contributed by atoms with Crippen molar-refractivity contribution in [3.8, 4) is 11.5 Å². The minimum atomic E-state index is -3.70. The number of methoxy groups -OCH3 is 2. The minimum Gasteiger partial charge on any atom is -0.497 e. The Bertz CT molecular complexity index is 881. The largest absolute Gasteiger partial charge is 0.497 e. The summed E-state index contributed by atoms with van der Waals surface area (Å²) in [5.41, 5.74) is 0.868. The molecule has 1 atom stereocenters. The van der Waals surface area contributed by atoms with Crippen LogP contribution in [0.3, 0.4) is 0 Å². The van der Waals surface area contributed by atoms with Gasteiger partial charge < -0.3 is 14.8 Å². The summed E-state index contributed by atoms with van der Waals surface area (Å²) in [6.45, 7) is 1.76. The number of hydrogen-bond acceptors (Lipinski definition) is 5. The second kappa shape index (κ2) is 8.77. The zero-order valence-corrected chi connectivity index (χ0v) is 16.6. The van der Waals surface area contributed by atoms with Crippen LogP contribution in [0, 0.1) is 0 Å². The van der Waals surface area contributed by atoms with E-state index in [9.17, 15) is 13.2 Å². The Morgan fingerprint density at radius 3 is 2.22 bits per heavy atom. The molecule has 1 unspecified atom stereocenters. The van der Waals surface area contributed by atoms with Crippen molar-refractivity contribution in [2.75, 3.05) is 30.1 Å². The maximum Gasteiger partial charge on any atom is 0.248 e. The van der Waals surface area contributed by atoms with E-state index < -0.39 is 22.0 Å². The Balaban J connectivity index is 2.38. The molecule has 7 nitrogen and oxygen atoms in total. The van der Waals surface area contributed by atoms with E-state index in [2.05, 4.69) is 5.32 Å². The van der Waals surface area contributed by atoms with Crippen LogP contribution in [0.4, 0.5) is 11.4 Å². The lowest BCUT2D eigenvalue weighted by atomic mass is 10.1. The average molecular weight is 392 g/mol. The van der Waals surface area contributed by atoms with Gasteiger partial charge in [-0.3, -0.25) is 9.10 Å². The minimum absolute atomic E-state index is 0.292. The first-order chi connectivity index (χ1) is 12.8. The van der Waals surface area contributed by atoms with Crippen molar-refractivity contribution >= 4 is 27.3 Å². The molecular formula is C19H24N2O5S. The van der Waals surface area contributed by atoms with Crippen LogP contribution in [0.1, 0.15) is 13.3 Å². The first-order valence-electron chi connectivity index (χ1n) is 8.39. The second-order valence-corrected chi connectivity index (χ2v) is 7.73. The number of ether oxygens (including phenoxy) is 2. The molecule has 1 N–H and O–H groups in total. The number of rotatable bonds is 8. The lowest BCUT2D eigenvalue weighted by molar-refractivity contribution is -0.117. The zero-order valence-electron chi connectivity index (χ0n) is 15.8. The molecule has 2 aromatic rings. The molecule has 0 aromatic heterocycles. The van der Waals surface area contributed by atoms with Crippen LogP contribution in [0.5, 0.6) is 11.5 Å². The molecule has 27 heavy (non-hydrogen) atoms. The first-order valence-corrected chi connectivity index (χ1v) is 10.2. The van der Waals surface area contributed by atoms with Crippen molar-refractivity contribution in [2.24, 2.45) is 0 Å². The maximum atomic E-state index is 12.9. The Kier molecular flexibility index (Phi) is 6.68. The van der Waals surface area contributed by atoms with E-state index in [1.54, 1.807) is 55.5 Å². The predicted molar refractivity (Wildman–Crippen MR) is 106 cm³/mol. The standard InChI is InChI=1S/C19H24N2O5S/c1-5-17(19(22)20-16-8-6-7-9-18(16)26-3)21(27(4,23)24)14-10-12-15(25-2)13-11-14/h6-13,17H,5H2,1-4H3,(H,20,22). The van der Waals surface area contributed by atoms with Crippen molar-refractivity contribution in [2.45, 2.75) is 19.4 Å². The van der Waals surface area contributed by atoms with E-state index in [0.717, 1.165) is 10.6 Å². The van der Waals surface area contributed by atoms with Crippen molar-refractivity contribution in [3.05, 3.63) is 48.5 Å². The molecular weight excluding hydrogens is 368 g/mol. The summed E-state index contributed by atoms with van der Waals surface area (Å²) in [6.07, 6.45) is 1.37. The number of carbonyl (C=O) groups excluding carboxylic acids is 1. The molecule has 1 amide bonds. The lowest BCUT2D eigenvalue weighted by Crippen LogP contribution is -2.47. The van der Waals surface area contributed by atoms with Gasteiger partial charge in [0, 0.05) is 0 Å². The maximum absolute atomic E-state index is 12.9. The molecule has 2 rings (SSSR count). The molecule has 0 bridgehead atoms. The topological polar surface area (TPSA) is 84.9 Å². The summed E-state index contributed by atoms with van der Waals surface area (Å²) < 4.78 is 36.4. The molecule has 0 aliphatic heterocycles. The van der Waals surface area contributed by atoms with Gasteiger partial charge in [0.1, 0.15) is 17.5 Å². The van der Waals surface area contributed by atoms with Gasteiger partial charge in [-0.1, -0.05) is 19.1 Å². The third kappa shape index (κ3) is 4.91. The van der Waals surface area contributed by atoms with Gasteiger partial charge in [0.25, 0.3) is 0 Å². The van der Waals surface area contributed by atoms with E-state index in [1.165, 1.54) is 14.2 Å². The highest BCUT2D eigenvalue weighted by atomic mass is 32.2. The summed E-state index contributed by atoms with van der Waals surface area (Å²) in [4.78, 5) is 12.9. The quantitative estimate of drug-likeness (QED) is 0.747. The van der Waals surface area contributed by atoms with Crippen LogP contribution < -0.4 is 19.1 Å². The van der Waals surface area contributed by atoms with Crippen molar-refractivity contribution in [1.82, 2.24) is 0 Å². The monoisotopic (exact) mass is 392 g/mol. The number of nitrogens with one attached hydrogen (secondary N) is 1. The van der Waals surface area contributed by atoms with Gasteiger partial charge in [0.15, 0.2) is 0 Å². The second-order valence-electron chi connectivity index (χ2n) is 5.87. The number of carbonyl (C=O) groups is 1. The van der Waals surface area contributed by atoms with Gasteiger partial charge in [-0.15, -0.1) is 0 Å². The number of para-hydroxylation sites is 2. The van der Waals surface area contributed by atoms with Gasteiger partial charge in [0.2, 0.25) is 15.9 Å².